The van der Waals surface area contributed by atoms with Crippen molar-refractivity contribution in [1.82, 2.24) is 5.32 Å². The molecular formula is C16H20FNO3. The number of furan rings is 1. The molecule has 1 atom stereocenters. The maximum Gasteiger partial charge on any atom is 0.287 e. The Kier molecular flexibility index (Phi) is 4.63. The highest BCUT2D eigenvalue weighted by atomic mass is 19.1. The minimum absolute atomic E-state index is 0.0876. The topological polar surface area (TPSA) is 62.5 Å². The molecule has 1 amide bonds. The van der Waals surface area contributed by atoms with E-state index in [9.17, 15) is 14.3 Å². The summed E-state index contributed by atoms with van der Waals surface area (Å²) in [4.78, 5) is 12.3. The second-order valence-corrected chi connectivity index (χ2v) is 5.66. The van der Waals surface area contributed by atoms with Crippen LogP contribution < -0.4 is 5.32 Å². The van der Waals surface area contributed by atoms with Crippen LogP contribution in [0.5, 0.6) is 0 Å². The number of benzene rings is 1. The van der Waals surface area contributed by atoms with Crippen LogP contribution in [0.3, 0.4) is 0 Å². The van der Waals surface area contributed by atoms with Gasteiger partial charge in [0.15, 0.2) is 17.2 Å². The van der Waals surface area contributed by atoms with Crippen LogP contribution in [0.25, 0.3) is 11.0 Å². The number of hydrogen-bond acceptors (Lipinski definition) is 3. The number of amides is 1. The van der Waals surface area contributed by atoms with Gasteiger partial charge in [-0.15, -0.1) is 0 Å². The summed E-state index contributed by atoms with van der Waals surface area (Å²) in [6.45, 7) is 5.60. The molecule has 0 aliphatic carbocycles. The van der Waals surface area contributed by atoms with Gasteiger partial charge in [-0.25, -0.2) is 4.39 Å². The van der Waals surface area contributed by atoms with Crippen LogP contribution in [0.15, 0.2) is 22.6 Å². The number of aliphatic hydroxyl groups is 1. The predicted molar refractivity (Wildman–Crippen MR) is 78.7 cm³/mol. The van der Waals surface area contributed by atoms with Crippen molar-refractivity contribution in [3.63, 3.8) is 0 Å². The summed E-state index contributed by atoms with van der Waals surface area (Å²) >= 11 is 0. The fourth-order valence-electron chi connectivity index (χ4n) is 2.42. The fourth-order valence-corrected chi connectivity index (χ4v) is 2.42. The van der Waals surface area contributed by atoms with E-state index >= 15 is 0 Å². The number of fused-ring (bicyclic) bond motifs is 1. The highest BCUT2D eigenvalue weighted by Crippen LogP contribution is 2.27. The molecule has 0 bridgehead atoms. The number of nitrogens with one attached hydrogen (secondary N) is 1. The van der Waals surface area contributed by atoms with Crippen LogP contribution in [0, 0.1) is 18.7 Å². The number of carbonyl (C=O) groups excluding carboxylic acids is 1. The lowest BCUT2D eigenvalue weighted by molar-refractivity contribution is 0.0881. The van der Waals surface area contributed by atoms with E-state index in [1.54, 1.807) is 19.1 Å². The molecule has 0 saturated carbocycles. The zero-order chi connectivity index (χ0) is 15.6. The molecule has 4 nitrogen and oxygen atoms in total. The van der Waals surface area contributed by atoms with E-state index in [0.29, 0.717) is 23.3 Å². The summed E-state index contributed by atoms with van der Waals surface area (Å²) < 4.78 is 19.1. The number of carbonyl (C=O) groups is 1. The minimum Gasteiger partial charge on any atom is -0.448 e. The van der Waals surface area contributed by atoms with Gasteiger partial charge in [-0.1, -0.05) is 26.0 Å². The third-order valence-corrected chi connectivity index (χ3v) is 3.43. The van der Waals surface area contributed by atoms with Gasteiger partial charge in [0, 0.05) is 10.9 Å². The van der Waals surface area contributed by atoms with E-state index in [2.05, 4.69) is 5.32 Å². The Labute approximate surface area is 122 Å². The fraction of sp³-hybridized carbons (Fsp3) is 0.438. The van der Waals surface area contributed by atoms with E-state index in [0.717, 1.165) is 0 Å². The van der Waals surface area contributed by atoms with E-state index in [4.69, 9.17) is 4.42 Å². The molecule has 5 heteroatoms. The predicted octanol–water partition coefficient (Wildman–Crippen LogP) is 3.02. The van der Waals surface area contributed by atoms with Crippen LogP contribution in [-0.2, 0) is 0 Å². The normalized spacial score (nSPS) is 12.9. The molecule has 2 aromatic rings. The third kappa shape index (κ3) is 3.24. The quantitative estimate of drug-likeness (QED) is 0.890. The molecule has 0 fully saturated rings. The third-order valence-electron chi connectivity index (χ3n) is 3.43. The molecule has 0 aliphatic heterocycles. The van der Waals surface area contributed by atoms with Gasteiger partial charge < -0.3 is 14.8 Å². The molecule has 0 saturated heterocycles. The smallest absolute Gasteiger partial charge is 0.287 e. The first-order chi connectivity index (χ1) is 9.93. The molecule has 114 valence electrons. The van der Waals surface area contributed by atoms with Gasteiger partial charge in [0.1, 0.15) is 0 Å². The van der Waals surface area contributed by atoms with Crippen molar-refractivity contribution < 1.29 is 18.7 Å². The lowest BCUT2D eigenvalue weighted by Crippen LogP contribution is -2.38. The Bertz CT molecular complexity index is 648. The molecule has 1 aromatic heterocycles. The first-order valence-corrected chi connectivity index (χ1v) is 7.03. The Hall–Kier alpha value is -1.88. The van der Waals surface area contributed by atoms with Crippen molar-refractivity contribution in [2.45, 2.75) is 33.2 Å². The summed E-state index contributed by atoms with van der Waals surface area (Å²) in [5.41, 5.74) is 0.688. The van der Waals surface area contributed by atoms with Gasteiger partial charge in [0.2, 0.25) is 0 Å². The molecule has 21 heavy (non-hydrogen) atoms. The molecule has 2 rings (SSSR count). The Morgan fingerprint density at radius 1 is 1.43 bits per heavy atom. The maximum absolute atomic E-state index is 13.7. The minimum atomic E-state index is -0.490. The second kappa shape index (κ2) is 6.26. The van der Waals surface area contributed by atoms with E-state index in [-0.39, 0.29) is 24.0 Å². The molecule has 1 heterocycles. The summed E-state index contributed by atoms with van der Waals surface area (Å²) in [6.07, 6.45) is 0.663. The van der Waals surface area contributed by atoms with E-state index in [1.807, 2.05) is 13.8 Å². The van der Waals surface area contributed by atoms with E-state index in [1.165, 1.54) is 6.07 Å². The van der Waals surface area contributed by atoms with Crippen molar-refractivity contribution in [3.8, 4) is 0 Å². The monoisotopic (exact) mass is 293 g/mol. The second-order valence-electron chi connectivity index (χ2n) is 5.66. The molecule has 0 spiro atoms. The summed E-state index contributed by atoms with van der Waals surface area (Å²) in [5.74, 6) is -0.479. The van der Waals surface area contributed by atoms with Crippen molar-refractivity contribution in [3.05, 3.63) is 35.3 Å². The highest BCUT2D eigenvalue weighted by molar-refractivity contribution is 5.99. The Morgan fingerprint density at radius 2 is 2.14 bits per heavy atom. The lowest BCUT2D eigenvalue weighted by atomic mass is 10.0. The molecule has 1 unspecified atom stereocenters. The average molecular weight is 293 g/mol. The number of para-hydroxylation sites is 1. The number of aryl methyl sites for hydroxylation is 1. The number of hydrogen-bond donors (Lipinski definition) is 2. The first kappa shape index (κ1) is 15.5. The average Bonchev–Trinajstić information content (AvgIpc) is 2.77. The molecule has 0 radical (unpaired) electrons. The van der Waals surface area contributed by atoms with Crippen LogP contribution in [0.1, 0.15) is 36.4 Å². The van der Waals surface area contributed by atoms with Gasteiger partial charge in [0.05, 0.1) is 12.6 Å². The summed E-state index contributed by atoms with van der Waals surface area (Å²) in [7, 11) is 0. The SMILES string of the molecule is Cc1c(C(=O)NC(CO)CC(C)C)oc2c(F)cccc12. The van der Waals surface area contributed by atoms with Crippen LogP contribution in [-0.4, -0.2) is 23.7 Å². The van der Waals surface area contributed by atoms with Gasteiger partial charge >= 0.3 is 0 Å². The van der Waals surface area contributed by atoms with Crippen LogP contribution in [0.4, 0.5) is 4.39 Å². The summed E-state index contributed by atoms with van der Waals surface area (Å²) in [6, 6.07) is 4.25. The van der Waals surface area contributed by atoms with E-state index < -0.39 is 11.7 Å². The zero-order valence-electron chi connectivity index (χ0n) is 12.4. The van der Waals surface area contributed by atoms with Crippen molar-refractivity contribution in [2.24, 2.45) is 5.92 Å². The number of aliphatic hydroxyl groups excluding tert-OH is 1. The molecule has 1 aromatic carbocycles. The van der Waals surface area contributed by atoms with Crippen molar-refractivity contribution in [2.75, 3.05) is 6.61 Å². The Morgan fingerprint density at radius 3 is 2.71 bits per heavy atom. The van der Waals surface area contributed by atoms with Crippen LogP contribution >= 0.6 is 0 Å². The largest absolute Gasteiger partial charge is 0.448 e. The first-order valence-electron chi connectivity index (χ1n) is 7.03. The number of rotatable bonds is 5. The zero-order valence-corrected chi connectivity index (χ0v) is 12.4. The summed E-state index contributed by atoms with van der Waals surface area (Å²) in [5, 5.41) is 12.6. The molecular weight excluding hydrogens is 273 g/mol. The van der Waals surface area contributed by atoms with Crippen molar-refractivity contribution in [1.29, 1.82) is 0 Å². The lowest BCUT2D eigenvalue weighted by Gasteiger charge is -2.17. The standard InChI is InChI=1S/C16H20FNO3/c1-9(2)7-11(8-19)18-16(20)14-10(3)12-5-4-6-13(17)15(12)21-14/h4-6,9,11,19H,7-8H2,1-3H3,(H,18,20). The molecule has 2 N–H and O–H groups in total. The van der Waals surface area contributed by atoms with Gasteiger partial charge in [-0.3, -0.25) is 4.79 Å². The number of halogens is 1. The maximum atomic E-state index is 13.7. The molecule has 0 aliphatic rings. The van der Waals surface area contributed by atoms with Gasteiger partial charge in [0.25, 0.3) is 5.91 Å². The van der Waals surface area contributed by atoms with Gasteiger partial charge in [-0.05, 0) is 25.3 Å². The van der Waals surface area contributed by atoms with Gasteiger partial charge in [-0.2, -0.15) is 0 Å². The highest BCUT2D eigenvalue weighted by Gasteiger charge is 2.22. The van der Waals surface area contributed by atoms with Crippen LogP contribution in [0.2, 0.25) is 0 Å². The van der Waals surface area contributed by atoms with Crippen molar-refractivity contribution >= 4 is 16.9 Å². The Balaban J connectivity index is 2.27.